The van der Waals surface area contributed by atoms with Crippen LogP contribution in [0.5, 0.6) is 0 Å². The lowest BCUT2D eigenvalue weighted by atomic mass is 10.2. The van der Waals surface area contributed by atoms with Gasteiger partial charge in [0.05, 0.1) is 18.2 Å². The van der Waals surface area contributed by atoms with E-state index in [1.807, 2.05) is 36.4 Å². The Morgan fingerprint density at radius 2 is 2.00 bits per heavy atom. The number of methoxy groups -OCH3 is 1. The van der Waals surface area contributed by atoms with Crippen molar-refractivity contribution in [3.8, 4) is 11.3 Å². The largest absolute Gasteiger partial charge is 0.460 e. The fourth-order valence-electron chi connectivity index (χ4n) is 1.66. The van der Waals surface area contributed by atoms with Gasteiger partial charge in [-0.25, -0.2) is 0 Å². The van der Waals surface area contributed by atoms with Crippen LogP contribution in [-0.2, 0) is 11.3 Å². The molecule has 0 fully saturated rings. The van der Waals surface area contributed by atoms with Crippen LogP contribution in [-0.4, -0.2) is 20.3 Å². The van der Waals surface area contributed by atoms with E-state index in [0.29, 0.717) is 18.2 Å². The lowest BCUT2D eigenvalue weighted by Gasteiger charge is -2.02. The van der Waals surface area contributed by atoms with Crippen LogP contribution in [0.4, 0.5) is 0 Å². The Bertz CT molecular complexity index is 500. The zero-order valence-electron chi connectivity index (χ0n) is 10.7. The van der Waals surface area contributed by atoms with Crippen molar-refractivity contribution in [2.75, 3.05) is 20.3 Å². The summed E-state index contributed by atoms with van der Waals surface area (Å²) in [7, 11) is 1.68. The standard InChI is InChI=1S/C14H16ClNO2.ClH/c1-17-9-8-16-10-11-6-7-14(18-11)12-4-2-3-5-13(12)15;/h2-7,16H,8-10H2,1H3;1H. The average Bonchev–Trinajstić information content (AvgIpc) is 2.84. The summed E-state index contributed by atoms with van der Waals surface area (Å²) in [5.74, 6) is 1.69. The summed E-state index contributed by atoms with van der Waals surface area (Å²) in [6.45, 7) is 2.19. The van der Waals surface area contributed by atoms with Gasteiger partial charge >= 0.3 is 0 Å². The Balaban J connectivity index is 0.00000180. The van der Waals surface area contributed by atoms with Crippen LogP contribution >= 0.6 is 24.0 Å². The number of hydrogen-bond donors (Lipinski definition) is 1. The van der Waals surface area contributed by atoms with Crippen molar-refractivity contribution >= 4 is 24.0 Å². The van der Waals surface area contributed by atoms with Crippen LogP contribution in [0.2, 0.25) is 5.02 Å². The van der Waals surface area contributed by atoms with Gasteiger partial charge in [-0.2, -0.15) is 0 Å². The van der Waals surface area contributed by atoms with Gasteiger partial charge in [0.25, 0.3) is 0 Å². The molecule has 0 amide bonds. The molecule has 2 rings (SSSR count). The number of benzene rings is 1. The maximum Gasteiger partial charge on any atom is 0.135 e. The predicted molar refractivity (Wildman–Crippen MR) is 80.0 cm³/mol. The molecule has 0 aliphatic carbocycles. The zero-order chi connectivity index (χ0) is 12.8. The van der Waals surface area contributed by atoms with Crippen LogP contribution in [0.1, 0.15) is 5.76 Å². The summed E-state index contributed by atoms with van der Waals surface area (Å²) in [5.41, 5.74) is 0.919. The Morgan fingerprint density at radius 1 is 1.21 bits per heavy atom. The molecule has 0 bridgehead atoms. The minimum absolute atomic E-state index is 0. The average molecular weight is 302 g/mol. The van der Waals surface area contributed by atoms with E-state index < -0.39 is 0 Å². The molecule has 1 aromatic heterocycles. The maximum absolute atomic E-state index is 6.12. The van der Waals surface area contributed by atoms with Crippen LogP contribution in [0.15, 0.2) is 40.8 Å². The van der Waals surface area contributed by atoms with Crippen LogP contribution < -0.4 is 5.32 Å². The molecule has 19 heavy (non-hydrogen) atoms. The normalized spacial score (nSPS) is 10.2. The first-order valence-electron chi connectivity index (χ1n) is 5.84. The molecule has 0 atom stereocenters. The fourth-order valence-corrected chi connectivity index (χ4v) is 1.89. The van der Waals surface area contributed by atoms with E-state index in [1.54, 1.807) is 7.11 Å². The number of ether oxygens (including phenoxy) is 1. The topological polar surface area (TPSA) is 34.4 Å². The molecule has 0 unspecified atom stereocenters. The van der Waals surface area contributed by atoms with Crippen LogP contribution in [0, 0.1) is 0 Å². The Hall–Kier alpha value is -1.000. The Kier molecular flexibility index (Phi) is 6.95. The van der Waals surface area contributed by atoms with Gasteiger partial charge in [0.15, 0.2) is 0 Å². The number of nitrogens with one attached hydrogen (secondary N) is 1. The number of hydrogen-bond acceptors (Lipinski definition) is 3. The van der Waals surface area contributed by atoms with Crippen molar-refractivity contribution in [3.63, 3.8) is 0 Å². The van der Waals surface area contributed by atoms with E-state index >= 15 is 0 Å². The summed E-state index contributed by atoms with van der Waals surface area (Å²) in [6.07, 6.45) is 0. The molecule has 0 saturated heterocycles. The number of furan rings is 1. The van der Waals surface area contributed by atoms with Gasteiger partial charge < -0.3 is 14.5 Å². The fraction of sp³-hybridized carbons (Fsp3) is 0.286. The lowest BCUT2D eigenvalue weighted by molar-refractivity contribution is 0.198. The molecule has 0 spiro atoms. The van der Waals surface area contributed by atoms with Gasteiger partial charge in [-0.05, 0) is 24.3 Å². The van der Waals surface area contributed by atoms with Crippen molar-refractivity contribution < 1.29 is 9.15 Å². The third-order valence-corrected chi connectivity index (χ3v) is 2.91. The second-order valence-corrected chi connectivity index (χ2v) is 4.32. The van der Waals surface area contributed by atoms with Crippen molar-refractivity contribution in [2.24, 2.45) is 0 Å². The molecule has 3 nitrogen and oxygen atoms in total. The van der Waals surface area contributed by atoms with Gasteiger partial charge in [0, 0.05) is 19.2 Å². The monoisotopic (exact) mass is 301 g/mol. The summed E-state index contributed by atoms with van der Waals surface area (Å²) < 4.78 is 10.7. The number of rotatable bonds is 6. The van der Waals surface area contributed by atoms with Gasteiger partial charge in [-0.1, -0.05) is 23.7 Å². The van der Waals surface area contributed by atoms with Gasteiger partial charge in [-0.3, -0.25) is 0 Å². The third-order valence-electron chi connectivity index (χ3n) is 2.58. The minimum atomic E-state index is 0. The third kappa shape index (κ3) is 4.55. The minimum Gasteiger partial charge on any atom is -0.460 e. The highest BCUT2D eigenvalue weighted by molar-refractivity contribution is 6.33. The highest BCUT2D eigenvalue weighted by Crippen LogP contribution is 2.28. The van der Waals surface area contributed by atoms with Gasteiger partial charge in [-0.15, -0.1) is 12.4 Å². The molecular formula is C14H17Cl2NO2. The Labute approximate surface area is 124 Å². The van der Waals surface area contributed by atoms with E-state index in [1.165, 1.54) is 0 Å². The summed E-state index contributed by atoms with van der Waals surface area (Å²) in [5, 5.41) is 3.93. The second-order valence-electron chi connectivity index (χ2n) is 3.92. The summed E-state index contributed by atoms with van der Waals surface area (Å²) >= 11 is 6.12. The van der Waals surface area contributed by atoms with Gasteiger partial charge in [0.1, 0.15) is 11.5 Å². The smallest absolute Gasteiger partial charge is 0.135 e. The van der Waals surface area contributed by atoms with Gasteiger partial charge in [0.2, 0.25) is 0 Å². The molecule has 1 aromatic carbocycles. The highest BCUT2D eigenvalue weighted by Gasteiger charge is 2.07. The quantitative estimate of drug-likeness (QED) is 0.825. The second kappa shape index (κ2) is 8.23. The zero-order valence-corrected chi connectivity index (χ0v) is 12.3. The van der Waals surface area contributed by atoms with Crippen LogP contribution in [0.3, 0.4) is 0 Å². The highest BCUT2D eigenvalue weighted by atomic mass is 35.5. The maximum atomic E-state index is 6.12. The molecule has 0 saturated carbocycles. The first kappa shape index (κ1) is 16.1. The molecule has 1 heterocycles. The lowest BCUT2D eigenvalue weighted by Crippen LogP contribution is -2.18. The molecule has 0 radical (unpaired) electrons. The van der Waals surface area contributed by atoms with Crippen LogP contribution in [0.25, 0.3) is 11.3 Å². The molecule has 104 valence electrons. The van der Waals surface area contributed by atoms with E-state index in [9.17, 15) is 0 Å². The molecule has 5 heteroatoms. The SMILES string of the molecule is COCCNCc1ccc(-c2ccccc2Cl)o1.Cl. The molecule has 2 aromatic rings. The predicted octanol–water partition coefficient (Wildman–Crippen LogP) is 3.76. The molecule has 1 N–H and O–H groups in total. The van der Waals surface area contributed by atoms with Crippen molar-refractivity contribution in [3.05, 3.63) is 47.2 Å². The van der Waals surface area contributed by atoms with E-state index in [4.69, 9.17) is 20.8 Å². The first-order chi connectivity index (χ1) is 8.81. The molecule has 0 aliphatic heterocycles. The van der Waals surface area contributed by atoms with E-state index in [-0.39, 0.29) is 12.4 Å². The molecule has 0 aliphatic rings. The van der Waals surface area contributed by atoms with Crippen molar-refractivity contribution in [2.45, 2.75) is 6.54 Å². The molecular weight excluding hydrogens is 285 g/mol. The van der Waals surface area contributed by atoms with Crippen molar-refractivity contribution in [1.82, 2.24) is 5.32 Å². The first-order valence-corrected chi connectivity index (χ1v) is 6.22. The van der Waals surface area contributed by atoms with Crippen molar-refractivity contribution in [1.29, 1.82) is 0 Å². The summed E-state index contributed by atoms with van der Waals surface area (Å²) in [6, 6.07) is 11.6. The number of halogens is 2. The van der Waals surface area contributed by atoms with E-state index in [0.717, 1.165) is 23.6 Å². The Morgan fingerprint density at radius 3 is 2.74 bits per heavy atom. The van der Waals surface area contributed by atoms with E-state index in [2.05, 4.69) is 5.32 Å². The summed E-state index contributed by atoms with van der Waals surface area (Å²) in [4.78, 5) is 0.